The molecule has 130 valence electrons. The van der Waals surface area contributed by atoms with Crippen LogP contribution in [0.4, 0.5) is 0 Å². The van der Waals surface area contributed by atoms with E-state index in [0.717, 1.165) is 5.75 Å². The third-order valence-corrected chi connectivity index (χ3v) is 3.33. The number of ether oxygens (including phenoxy) is 1. The van der Waals surface area contributed by atoms with Gasteiger partial charge in [-0.05, 0) is 69.2 Å². The summed E-state index contributed by atoms with van der Waals surface area (Å²) in [4.78, 5) is -0.242. The van der Waals surface area contributed by atoms with E-state index in [1.165, 1.54) is 0 Å². The molecule has 0 unspecified atom stereocenters. The monoisotopic (exact) mass is 330 g/mol. The van der Waals surface area contributed by atoms with Crippen LogP contribution >= 0.6 is 11.8 Å². The quantitative estimate of drug-likeness (QED) is 0.443. The maximum Gasteiger partial charge on any atom is 0.173 e. The Kier molecular flexibility index (Phi) is 7.69. The molecular formula is C16H34N4OS. The summed E-state index contributed by atoms with van der Waals surface area (Å²) in [6.45, 7) is 20.8. The molecule has 0 aliphatic carbocycles. The van der Waals surface area contributed by atoms with Crippen LogP contribution in [0.1, 0.15) is 69.2 Å². The smallest absolute Gasteiger partial charge is 0.173 e. The molecule has 0 atom stereocenters. The third-order valence-electron chi connectivity index (χ3n) is 2.18. The van der Waals surface area contributed by atoms with E-state index in [2.05, 4.69) is 34.3 Å². The molecule has 0 N–H and O–H groups in total. The molecule has 0 aliphatic heterocycles. The van der Waals surface area contributed by atoms with Crippen LogP contribution < -0.4 is 0 Å². The summed E-state index contributed by atoms with van der Waals surface area (Å²) in [5.74, 6) is 0.838. The van der Waals surface area contributed by atoms with Crippen molar-refractivity contribution in [2.24, 2.45) is 20.5 Å². The summed E-state index contributed by atoms with van der Waals surface area (Å²) in [6, 6.07) is 0. The first-order valence-electron chi connectivity index (χ1n) is 7.78. The largest absolute Gasteiger partial charge is 0.352 e. The van der Waals surface area contributed by atoms with Gasteiger partial charge in [0, 0.05) is 5.75 Å². The topological polar surface area (TPSA) is 58.7 Å². The lowest BCUT2D eigenvalue weighted by Gasteiger charge is -2.23. The van der Waals surface area contributed by atoms with Gasteiger partial charge in [0.15, 0.2) is 5.72 Å². The Bertz CT molecular complexity index is 352. The van der Waals surface area contributed by atoms with Gasteiger partial charge in [0.05, 0.1) is 17.7 Å². The zero-order chi connectivity index (χ0) is 17.7. The van der Waals surface area contributed by atoms with Crippen molar-refractivity contribution < 1.29 is 4.74 Å². The fourth-order valence-corrected chi connectivity index (χ4v) is 1.95. The summed E-state index contributed by atoms with van der Waals surface area (Å²) in [6.07, 6.45) is 0. The van der Waals surface area contributed by atoms with E-state index in [9.17, 15) is 0 Å². The van der Waals surface area contributed by atoms with Gasteiger partial charge < -0.3 is 4.74 Å². The number of hydrogen-bond acceptors (Lipinski definition) is 6. The summed E-state index contributed by atoms with van der Waals surface area (Å²) in [5, 5.41) is 17.3. The Hall–Kier alpha value is -0.490. The van der Waals surface area contributed by atoms with E-state index >= 15 is 0 Å². The molecule has 0 rings (SSSR count). The van der Waals surface area contributed by atoms with E-state index < -0.39 is 5.72 Å². The summed E-state index contributed by atoms with van der Waals surface area (Å²) in [7, 11) is 0. The molecular weight excluding hydrogens is 296 g/mol. The van der Waals surface area contributed by atoms with E-state index in [4.69, 9.17) is 4.74 Å². The Balaban J connectivity index is 4.26. The second-order valence-electron chi connectivity index (χ2n) is 8.33. The van der Waals surface area contributed by atoms with E-state index in [0.29, 0.717) is 6.61 Å². The number of thioether (sulfide) groups is 1. The Labute approximate surface area is 140 Å². The van der Waals surface area contributed by atoms with E-state index in [1.807, 2.05) is 55.4 Å². The number of hydrogen-bond donors (Lipinski definition) is 0. The lowest BCUT2D eigenvalue weighted by molar-refractivity contribution is -0.00872. The number of rotatable bonds is 7. The number of azo groups is 2. The molecule has 0 bridgehead atoms. The maximum absolute atomic E-state index is 5.81. The molecule has 0 radical (unpaired) electrons. The van der Waals surface area contributed by atoms with Crippen molar-refractivity contribution in [3.05, 3.63) is 0 Å². The van der Waals surface area contributed by atoms with Crippen molar-refractivity contribution in [2.45, 2.75) is 90.9 Å². The Morgan fingerprint density at radius 1 is 0.682 bits per heavy atom. The lowest BCUT2D eigenvalue weighted by Crippen LogP contribution is -2.25. The molecule has 0 aromatic carbocycles. The lowest BCUT2D eigenvalue weighted by atomic mass is 10.1. The molecule has 0 aromatic heterocycles. The normalized spacial score (nSPS) is 15.2. The highest BCUT2D eigenvalue weighted by Gasteiger charge is 2.22. The van der Waals surface area contributed by atoms with Crippen molar-refractivity contribution in [2.75, 3.05) is 12.4 Å². The SMILES string of the molecule is CC(C)(C)N=NC(C)(C)OCCSC(C)(C)N=NC(C)(C)C. The molecule has 22 heavy (non-hydrogen) atoms. The van der Waals surface area contributed by atoms with E-state index in [-0.39, 0.29) is 15.9 Å². The van der Waals surface area contributed by atoms with Crippen LogP contribution in [0.3, 0.4) is 0 Å². The van der Waals surface area contributed by atoms with Gasteiger partial charge >= 0.3 is 0 Å². The van der Waals surface area contributed by atoms with Gasteiger partial charge in [0.25, 0.3) is 0 Å². The predicted molar refractivity (Wildman–Crippen MR) is 95.8 cm³/mol. The second kappa shape index (κ2) is 7.86. The summed E-state index contributed by atoms with van der Waals surface area (Å²) in [5.41, 5.74) is -0.903. The fraction of sp³-hybridized carbons (Fsp3) is 1.00. The minimum atomic E-state index is -0.592. The minimum Gasteiger partial charge on any atom is -0.352 e. The van der Waals surface area contributed by atoms with Crippen molar-refractivity contribution >= 4 is 11.8 Å². The molecule has 0 saturated heterocycles. The van der Waals surface area contributed by atoms with Crippen molar-refractivity contribution in [3.8, 4) is 0 Å². The molecule has 6 heteroatoms. The zero-order valence-corrected chi connectivity index (χ0v) is 16.8. The zero-order valence-electron chi connectivity index (χ0n) is 16.0. The van der Waals surface area contributed by atoms with Crippen molar-refractivity contribution in [1.82, 2.24) is 0 Å². The highest BCUT2D eigenvalue weighted by Crippen LogP contribution is 2.28. The van der Waals surface area contributed by atoms with Crippen LogP contribution in [0.5, 0.6) is 0 Å². The Morgan fingerprint density at radius 2 is 1.14 bits per heavy atom. The van der Waals surface area contributed by atoms with Crippen LogP contribution in [-0.4, -0.2) is 34.0 Å². The highest BCUT2D eigenvalue weighted by atomic mass is 32.2. The molecule has 0 aliphatic rings. The van der Waals surface area contributed by atoms with Crippen molar-refractivity contribution in [1.29, 1.82) is 0 Å². The average Bonchev–Trinajstić information content (AvgIpc) is 2.29. The van der Waals surface area contributed by atoms with Gasteiger partial charge in [0.2, 0.25) is 0 Å². The van der Waals surface area contributed by atoms with Crippen LogP contribution in [0.15, 0.2) is 20.5 Å². The molecule has 0 saturated carbocycles. The maximum atomic E-state index is 5.81. The van der Waals surface area contributed by atoms with Gasteiger partial charge in [-0.25, -0.2) is 0 Å². The van der Waals surface area contributed by atoms with Crippen LogP contribution in [0, 0.1) is 0 Å². The number of nitrogens with zero attached hydrogens (tertiary/aromatic N) is 4. The van der Waals surface area contributed by atoms with Gasteiger partial charge in [-0.2, -0.15) is 20.5 Å². The van der Waals surface area contributed by atoms with Crippen LogP contribution in [0.25, 0.3) is 0 Å². The standard InChI is InChI=1S/C16H34N4OS/c1-13(2,3)17-19-15(7,8)21-11-12-22-16(9,10)20-18-14(4,5)6/h11-12H2,1-10H3. The molecule has 5 nitrogen and oxygen atoms in total. The minimum absolute atomic E-state index is 0.135. The molecule has 0 fully saturated rings. The van der Waals surface area contributed by atoms with Gasteiger partial charge in [-0.1, -0.05) is 0 Å². The molecule has 0 amide bonds. The van der Waals surface area contributed by atoms with Gasteiger partial charge in [-0.15, -0.1) is 11.8 Å². The first-order valence-corrected chi connectivity index (χ1v) is 8.77. The first kappa shape index (κ1) is 21.5. The van der Waals surface area contributed by atoms with Gasteiger partial charge in [0.1, 0.15) is 4.87 Å². The fourth-order valence-electron chi connectivity index (χ4n) is 1.18. The Morgan fingerprint density at radius 3 is 1.59 bits per heavy atom. The van der Waals surface area contributed by atoms with E-state index in [1.54, 1.807) is 11.8 Å². The van der Waals surface area contributed by atoms with Crippen LogP contribution in [-0.2, 0) is 4.74 Å². The molecule has 0 aromatic rings. The third kappa shape index (κ3) is 13.2. The van der Waals surface area contributed by atoms with Crippen molar-refractivity contribution in [3.63, 3.8) is 0 Å². The van der Waals surface area contributed by atoms with Crippen LogP contribution in [0.2, 0.25) is 0 Å². The molecule has 0 heterocycles. The average molecular weight is 331 g/mol. The second-order valence-corrected chi connectivity index (χ2v) is 10.0. The van der Waals surface area contributed by atoms with Gasteiger partial charge in [-0.3, -0.25) is 0 Å². The first-order chi connectivity index (χ1) is 9.62. The molecule has 0 spiro atoms. The predicted octanol–water partition coefficient (Wildman–Crippen LogP) is 5.71. The summed E-state index contributed by atoms with van der Waals surface area (Å²) >= 11 is 1.73. The summed E-state index contributed by atoms with van der Waals surface area (Å²) < 4.78 is 5.81. The highest BCUT2D eigenvalue weighted by molar-refractivity contribution is 8.00.